The Bertz CT molecular complexity index is 487. The summed E-state index contributed by atoms with van der Waals surface area (Å²) in [6.07, 6.45) is 4.07. The molecule has 96 valence electrons. The van der Waals surface area contributed by atoms with Crippen molar-refractivity contribution in [2.75, 3.05) is 6.54 Å². The first-order valence-electron chi connectivity index (χ1n) is 6.34. The van der Waals surface area contributed by atoms with E-state index in [-0.39, 0.29) is 0 Å². The number of rotatable bonds is 5. The summed E-state index contributed by atoms with van der Waals surface area (Å²) in [4.78, 5) is 5.64. The maximum Gasteiger partial charge on any atom is 0.0896 e. The molecule has 2 nitrogen and oxygen atoms in total. The number of hydrogen-bond acceptors (Lipinski definition) is 3. The minimum atomic E-state index is 0.507. The van der Waals surface area contributed by atoms with Crippen molar-refractivity contribution in [3.63, 3.8) is 0 Å². The van der Waals surface area contributed by atoms with Crippen molar-refractivity contribution in [3.8, 4) is 0 Å². The molecule has 0 aliphatic rings. The second-order valence-electron chi connectivity index (χ2n) is 4.84. The lowest BCUT2D eigenvalue weighted by atomic mass is 9.95. The van der Waals surface area contributed by atoms with Crippen LogP contribution in [0.3, 0.4) is 0 Å². The Kier molecular flexibility index (Phi) is 4.50. The topological polar surface area (TPSA) is 38.9 Å². The monoisotopic (exact) mass is 260 g/mol. The first-order valence-corrected chi connectivity index (χ1v) is 7.16. The standard InChI is InChI=1S/C15H20N2S/c1-11-3-5-13(6-4-11)7-14(9-16)8-15-10-17-12(2)18-15/h3-6,10,14H,7-9,16H2,1-2H3. The van der Waals surface area contributed by atoms with Crippen molar-refractivity contribution in [3.05, 3.63) is 51.5 Å². The molecule has 2 rings (SSSR count). The molecule has 0 saturated carbocycles. The van der Waals surface area contributed by atoms with Gasteiger partial charge in [0.25, 0.3) is 0 Å². The van der Waals surface area contributed by atoms with Crippen molar-refractivity contribution in [2.24, 2.45) is 11.7 Å². The van der Waals surface area contributed by atoms with E-state index < -0.39 is 0 Å². The molecular weight excluding hydrogens is 240 g/mol. The highest BCUT2D eigenvalue weighted by molar-refractivity contribution is 7.11. The van der Waals surface area contributed by atoms with E-state index in [0.29, 0.717) is 5.92 Å². The van der Waals surface area contributed by atoms with Gasteiger partial charge in [0.1, 0.15) is 0 Å². The SMILES string of the molecule is Cc1ccc(CC(CN)Cc2cnc(C)s2)cc1. The predicted octanol–water partition coefficient (Wildman–Crippen LogP) is 3.12. The Hall–Kier alpha value is -1.19. The maximum absolute atomic E-state index is 5.89. The zero-order valence-electron chi connectivity index (χ0n) is 11.0. The van der Waals surface area contributed by atoms with Crippen LogP contribution in [0.5, 0.6) is 0 Å². The minimum absolute atomic E-state index is 0.507. The fourth-order valence-corrected chi connectivity index (χ4v) is 2.99. The third-order valence-corrected chi connectivity index (χ3v) is 4.07. The normalized spacial score (nSPS) is 12.6. The van der Waals surface area contributed by atoms with Gasteiger partial charge >= 0.3 is 0 Å². The van der Waals surface area contributed by atoms with Crippen molar-refractivity contribution in [1.29, 1.82) is 0 Å². The maximum atomic E-state index is 5.89. The van der Waals surface area contributed by atoms with Gasteiger partial charge in [-0.05, 0) is 44.7 Å². The van der Waals surface area contributed by atoms with E-state index >= 15 is 0 Å². The molecule has 1 aromatic heterocycles. The van der Waals surface area contributed by atoms with E-state index in [1.165, 1.54) is 16.0 Å². The van der Waals surface area contributed by atoms with Gasteiger partial charge in [-0.3, -0.25) is 0 Å². The van der Waals surface area contributed by atoms with E-state index in [2.05, 4.69) is 36.2 Å². The summed E-state index contributed by atoms with van der Waals surface area (Å²) in [5.41, 5.74) is 8.57. The second kappa shape index (κ2) is 6.12. The average Bonchev–Trinajstić information content (AvgIpc) is 2.77. The summed E-state index contributed by atoms with van der Waals surface area (Å²) in [6, 6.07) is 8.74. The number of thiazole rings is 1. The Morgan fingerprint density at radius 2 is 1.89 bits per heavy atom. The number of benzene rings is 1. The lowest BCUT2D eigenvalue weighted by Crippen LogP contribution is -2.19. The van der Waals surface area contributed by atoms with Crippen molar-refractivity contribution >= 4 is 11.3 Å². The van der Waals surface area contributed by atoms with Crippen LogP contribution in [0.25, 0.3) is 0 Å². The molecule has 0 amide bonds. The van der Waals surface area contributed by atoms with Crippen LogP contribution < -0.4 is 5.73 Å². The summed E-state index contributed by atoms with van der Waals surface area (Å²) in [6.45, 7) is 4.89. The highest BCUT2D eigenvalue weighted by Gasteiger charge is 2.10. The van der Waals surface area contributed by atoms with Gasteiger partial charge in [-0.1, -0.05) is 29.8 Å². The molecule has 0 aliphatic heterocycles. The number of nitrogens with zero attached hydrogens (tertiary/aromatic N) is 1. The molecule has 2 N–H and O–H groups in total. The zero-order valence-corrected chi connectivity index (χ0v) is 11.8. The quantitative estimate of drug-likeness (QED) is 0.897. The minimum Gasteiger partial charge on any atom is -0.330 e. The summed E-state index contributed by atoms with van der Waals surface area (Å²) < 4.78 is 0. The molecule has 1 aromatic carbocycles. The van der Waals surface area contributed by atoms with Crippen LogP contribution in [0.2, 0.25) is 0 Å². The third-order valence-electron chi connectivity index (χ3n) is 3.14. The summed E-state index contributed by atoms with van der Waals surface area (Å²) in [5, 5.41) is 1.14. The molecule has 0 saturated heterocycles. The lowest BCUT2D eigenvalue weighted by molar-refractivity contribution is 0.537. The third kappa shape index (κ3) is 3.65. The Morgan fingerprint density at radius 3 is 2.44 bits per heavy atom. The Labute approximate surface area is 113 Å². The van der Waals surface area contributed by atoms with Crippen molar-refractivity contribution < 1.29 is 0 Å². The van der Waals surface area contributed by atoms with Gasteiger partial charge in [0, 0.05) is 11.1 Å². The molecule has 0 spiro atoms. The molecule has 1 heterocycles. The number of hydrogen-bond donors (Lipinski definition) is 1. The molecule has 2 aromatic rings. The van der Waals surface area contributed by atoms with E-state index in [1.54, 1.807) is 11.3 Å². The first-order chi connectivity index (χ1) is 8.67. The number of aromatic nitrogens is 1. The number of aryl methyl sites for hydroxylation is 2. The van der Waals surface area contributed by atoms with Crippen molar-refractivity contribution in [1.82, 2.24) is 4.98 Å². The predicted molar refractivity (Wildman–Crippen MR) is 78.0 cm³/mol. The smallest absolute Gasteiger partial charge is 0.0896 e. The highest BCUT2D eigenvalue weighted by Crippen LogP contribution is 2.19. The molecule has 0 bridgehead atoms. The average molecular weight is 260 g/mol. The van der Waals surface area contributed by atoms with Crippen molar-refractivity contribution in [2.45, 2.75) is 26.7 Å². The van der Waals surface area contributed by atoms with Crippen LogP contribution in [0.1, 0.15) is 21.0 Å². The van der Waals surface area contributed by atoms with Crippen LogP contribution in [0, 0.1) is 19.8 Å². The lowest BCUT2D eigenvalue weighted by Gasteiger charge is -2.13. The molecule has 18 heavy (non-hydrogen) atoms. The molecule has 1 atom stereocenters. The van der Waals surface area contributed by atoms with Gasteiger partial charge in [0.15, 0.2) is 0 Å². The van der Waals surface area contributed by atoms with Gasteiger partial charge in [-0.2, -0.15) is 0 Å². The van der Waals surface area contributed by atoms with Gasteiger partial charge in [-0.15, -0.1) is 11.3 Å². The van der Waals surface area contributed by atoms with Crippen LogP contribution in [0.15, 0.2) is 30.5 Å². The molecule has 0 radical (unpaired) electrons. The zero-order chi connectivity index (χ0) is 13.0. The van der Waals surface area contributed by atoms with E-state index in [9.17, 15) is 0 Å². The Morgan fingerprint density at radius 1 is 1.17 bits per heavy atom. The van der Waals surface area contributed by atoms with Crippen LogP contribution in [-0.4, -0.2) is 11.5 Å². The van der Waals surface area contributed by atoms with E-state index in [0.717, 1.165) is 24.4 Å². The molecule has 3 heteroatoms. The Balaban J connectivity index is 1.99. The molecule has 0 aliphatic carbocycles. The highest BCUT2D eigenvalue weighted by atomic mass is 32.1. The van der Waals surface area contributed by atoms with Gasteiger partial charge < -0.3 is 5.73 Å². The summed E-state index contributed by atoms with van der Waals surface area (Å²) in [5.74, 6) is 0.507. The summed E-state index contributed by atoms with van der Waals surface area (Å²) >= 11 is 1.78. The summed E-state index contributed by atoms with van der Waals surface area (Å²) in [7, 11) is 0. The van der Waals surface area contributed by atoms with Gasteiger partial charge in [-0.25, -0.2) is 4.98 Å². The van der Waals surface area contributed by atoms with E-state index in [4.69, 9.17) is 5.73 Å². The van der Waals surface area contributed by atoms with E-state index in [1.807, 2.05) is 13.1 Å². The fourth-order valence-electron chi connectivity index (χ4n) is 2.08. The first kappa shape index (κ1) is 13.2. The fraction of sp³-hybridized carbons (Fsp3) is 0.400. The van der Waals surface area contributed by atoms with Crippen LogP contribution >= 0.6 is 11.3 Å². The largest absolute Gasteiger partial charge is 0.330 e. The molecular formula is C15H20N2S. The van der Waals surface area contributed by atoms with Gasteiger partial charge in [0.05, 0.1) is 5.01 Å². The van der Waals surface area contributed by atoms with Gasteiger partial charge in [0.2, 0.25) is 0 Å². The molecule has 1 unspecified atom stereocenters. The second-order valence-corrected chi connectivity index (χ2v) is 6.16. The molecule has 0 fully saturated rings. The van der Waals surface area contributed by atoms with Crippen LogP contribution in [0.4, 0.5) is 0 Å². The number of nitrogens with two attached hydrogens (primary N) is 1. The van der Waals surface area contributed by atoms with Crippen LogP contribution in [-0.2, 0) is 12.8 Å².